The third-order valence-corrected chi connectivity index (χ3v) is 5.15. The van der Waals surface area contributed by atoms with Gasteiger partial charge in [0, 0.05) is 0 Å². The van der Waals surface area contributed by atoms with Crippen LogP contribution >= 0.6 is 0 Å². The number of hydrazone groups is 1. The maximum absolute atomic E-state index is 12.3. The maximum atomic E-state index is 12.3. The van der Waals surface area contributed by atoms with Gasteiger partial charge in [-0.25, -0.2) is 13.8 Å². The lowest BCUT2D eigenvalue weighted by Gasteiger charge is -2.25. The van der Waals surface area contributed by atoms with Crippen LogP contribution in [0.1, 0.15) is 16.7 Å². The Morgan fingerprint density at radius 3 is 2.27 bits per heavy atom. The Hall–Kier alpha value is -3.40. The van der Waals surface area contributed by atoms with Gasteiger partial charge in [-0.15, -0.1) is 0 Å². The topological polar surface area (TPSA) is 131 Å². The smallest absolute Gasteiger partial charge is 0.260 e. The molecule has 2 aromatic carbocycles. The number of aryl methyl sites for hydroxylation is 2. The van der Waals surface area contributed by atoms with E-state index in [0.717, 1.165) is 21.7 Å². The van der Waals surface area contributed by atoms with Gasteiger partial charge in [0.2, 0.25) is 10.0 Å². The Morgan fingerprint density at radius 1 is 1.13 bits per heavy atom. The summed E-state index contributed by atoms with van der Waals surface area (Å²) in [4.78, 5) is 23.0. The maximum Gasteiger partial charge on any atom is 0.260 e. The monoisotopic (exact) mass is 432 g/mol. The summed E-state index contributed by atoms with van der Waals surface area (Å²) in [6, 6.07) is 12.0. The van der Waals surface area contributed by atoms with E-state index >= 15 is 0 Å². The molecule has 3 N–H and O–H groups in total. The molecule has 0 saturated heterocycles. The number of primary amides is 1. The lowest BCUT2D eigenvalue weighted by molar-refractivity contribution is -0.120. The molecule has 160 valence electrons. The number of nitrogens with zero attached hydrogens (tertiary/aromatic N) is 2. The van der Waals surface area contributed by atoms with Crippen molar-refractivity contribution in [2.75, 3.05) is 23.7 Å². The molecule has 0 heterocycles. The fourth-order valence-corrected chi connectivity index (χ4v) is 3.68. The van der Waals surface area contributed by atoms with Gasteiger partial charge < -0.3 is 10.5 Å². The molecule has 30 heavy (non-hydrogen) atoms. The number of benzene rings is 2. The van der Waals surface area contributed by atoms with Gasteiger partial charge >= 0.3 is 0 Å². The van der Waals surface area contributed by atoms with E-state index in [1.165, 1.54) is 6.21 Å². The lowest BCUT2D eigenvalue weighted by Crippen LogP contribution is -2.39. The standard InChI is InChI=1S/C20H24N4O5S/c1-14-5-4-6-15(2)20(14)24(30(3,27)28)12-19(26)23-22-11-16-7-9-17(10-8-16)29-13-18(21)25/h4-11H,12-13H2,1-3H3,(H2,21,25)(H,23,26)/b22-11-. The van der Waals surface area contributed by atoms with Gasteiger partial charge in [-0.3, -0.25) is 13.9 Å². The molecule has 0 spiro atoms. The van der Waals surface area contributed by atoms with Gasteiger partial charge in [0.15, 0.2) is 6.61 Å². The van der Waals surface area contributed by atoms with Crippen molar-refractivity contribution in [3.63, 3.8) is 0 Å². The summed E-state index contributed by atoms with van der Waals surface area (Å²) in [5, 5.41) is 3.86. The Kier molecular flexibility index (Phi) is 7.54. The Balaban J connectivity index is 2.03. The fourth-order valence-electron chi connectivity index (χ4n) is 2.71. The minimum Gasteiger partial charge on any atom is -0.484 e. The Labute approximate surface area is 175 Å². The van der Waals surface area contributed by atoms with Crippen molar-refractivity contribution in [1.82, 2.24) is 5.43 Å². The number of carbonyl (C=O) groups is 2. The van der Waals surface area contributed by atoms with E-state index < -0.39 is 28.4 Å². The van der Waals surface area contributed by atoms with Crippen LogP contribution in [-0.2, 0) is 19.6 Å². The van der Waals surface area contributed by atoms with Crippen molar-refractivity contribution in [2.24, 2.45) is 10.8 Å². The van der Waals surface area contributed by atoms with Crippen molar-refractivity contribution < 1.29 is 22.7 Å². The van der Waals surface area contributed by atoms with Crippen LogP contribution in [0.4, 0.5) is 5.69 Å². The van der Waals surface area contributed by atoms with E-state index in [9.17, 15) is 18.0 Å². The highest BCUT2D eigenvalue weighted by Gasteiger charge is 2.23. The number of carbonyl (C=O) groups excluding carboxylic acids is 2. The molecule has 0 radical (unpaired) electrons. The number of sulfonamides is 1. The van der Waals surface area contributed by atoms with Crippen molar-refractivity contribution in [2.45, 2.75) is 13.8 Å². The second-order valence-corrected chi connectivity index (χ2v) is 8.53. The first-order chi connectivity index (χ1) is 14.1. The summed E-state index contributed by atoms with van der Waals surface area (Å²) in [7, 11) is -3.68. The van der Waals surface area contributed by atoms with Crippen LogP contribution < -0.4 is 20.2 Å². The van der Waals surface area contributed by atoms with Crippen LogP contribution in [0.15, 0.2) is 47.6 Å². The third kappa shape index (κ3) is 6.59. The highest BCUT2D eigenvalue weighted by atomic mass is 32.2. The molecular formula is C20H24N4O5S. The van der Waals surface area contributed by atoms with Gasteiger partial charge in [-0.2, -0.15) is 5.10 Å². The quantitative estimate of drug-likeness (QED) is 0.452. The van der Waals surface area contributed by atoms with Crippen molar-refractivity contribution >= 4 is 33.7 Å². The van der Waals surface area contributed by atoms with Crippen molar-refractivity contribution in [3.05, 3.63) is 59.2 Å². The second kappa shape index (κ2) is 9.88. The summed E-state index contributed by atoms with van der Waals surface area (Å²) in [6.07, 6.45) is 2.46. The Bertz CT molecular complexity index is 1030. The molecule has 0 aliphatic carbocycles. The highest BCUT2D eigenvalue weighted by molar-refractivity contribution is 7.92. The summed E-state index contributed by atoms with van der Waals surface area (Å²) >= 11 is 0. The van der Waals surface area contributed by atoms with E-state index in [2.05, 4.69) is 10.5 Å². The number of amides is 2. The predicted molar refractivity (Wildman–Crippen MR) is 115 cm³/mol. The van der Waals surface area contributed by atoms with Gasteiger partial charge in [0.25, 0.3) is 11.8 Å². The molecule has 2 rings (SSSR count). The molecule has 0 aliphatic rings. The molecule has 10 heteroatoms. The van der Waals surface area contributed by atoms with Crippen LogP contribution in [0.5, 0.6) is 5.75 Å². The van der Waals surface area contributed by atoms with Crippen LogP contribution in [0.25, 0.3) is 0 Å². The van der Waals surface area contributed by atoms with E-state index in [4.69, 9.17) is 10.5 Å². The van der Waals surface area contributed by atoms with Crippen LogP contribution in [0.2, 0.25) is 0 Å². The number of hydrogen-bond donors (Lipinski definition) is 2. The molecule has 0 aliphatic heterocycles. The molecule has 0 saturated carbocycles. The fraction of sp³-hybridized carbons (Fsp3) is 0.250. The Morgan fingerprint density at radius 2 is 1.73 bits per heavy atom. The van der Waals surface area contributed by atoms with Gasteiger partial charge in [-0.05, 0) is 54.8 Å². The zero-order valence-electron chi connectivity index (χ0n) is 17.0. The largest absolute Gasteiger partial charge is 0.484 e. The average Bonchev–Trinajstić information content (AvgIpc) is 2.65. The third-order valence-electron chi connectivity index (χ3n) is 4.04. The highest BCUT2D eigenvalue weighted by Crippen LogP contribution is 2.26. The van der Waals surface area contributed by atoms with Gasteiger partial charge in [0.05, 0.1) is 18.2 Å². The molecule has 9 nitrogen and oxygen atoms in total. The zero-order chi connectivity index (χ0) is 22.3. The first kappa shape index (κ1) is 22.9. The number of nitrogens with two attached hydrogens (primary N) is 1. The normalized spacial score (nSPS) is 11.3. The summed E-state index contributed by atoms with van der Waals surface area (Å²) in [6.45, 7) is 2.95. The van der Waals surface area contributed by atoms with E-state index in [0.29, 0.717) is 17.0 Å². The molecule has 0 unspecified atom stereocenters. The first-order valence-corrected chi connectivity index (χ1v) is 10.8. The minimum absolute atomic E-state index is 0.222. The van der Waals surface area contributed by atoms with Crippen molar-refractivity contribution in [3.8, 4) is 5.75 Å². The van der Waals surface area contributed by atoms with Gasteiger partial charge in [0.1, 0.15) is 12.3 Å². The summed E-state index contributed by atoms with van der Waals surface area (Å²) in [5.41, 5.74) is 9.97. The summed E-state index contributed by atoms with van der Waals surface area (Å²) < 4.78 is 30.7. The number of ether oxygens (including phenoxy) is 1. The van der Waals surface area contributed by atoms with Crippen LogP contribution in [-0.4, -0.2) is 45.9 Å². The summed E-state index contributed by atoms with van der Waals surface area (Å²) in [5.74, 6) is -0.694. The SMILES string of the molecule is Cc1cccc(C)c1N(CC(=O)N/N=C\c1ccc(OCC(N)=O)cc1)S(C)(=O)=O. The van der Waals surface area contributed by atoms with Crippen LogP contribution in [0.3, 0.4) is 0 Å². The molecular weight excluding hydrogens is 408 g/mol. The second-order valence-electron chi connectivity index (χ2n) is 6.63. The predicted octanol–water partition coefficient (Wildman–Crippen LogP) is 1.08. The molecule has 0 aromatic heterocycles. The number of rotatable bonds is 9. The minimum atomic E-state index is -3.68. The zero-order valence-corrected chi connectivity index (χ0v) is 17.8. The van der Waals surface area contributed by atoms with Crippen LogP contribution in [0, 0.1) is 13.8 Å². The van der Waals surface area contributed by atoms with Gasteiger partial charge in [-0.1, -0.05) is 18.2 Å². The lowest BCUT2D eigenvalue weighted by atomic mass is 10.1. The number of nitrogens with one attached hydrogen (secondary N) is 1. The molecule has 2 amide bonds. The number of anilines is 1. The first-order valence-electron chi connectivity index (χ1n) is 8.95. The van der Waals surface area contributed by atoms with E-state index in [1.807, 2.05) is 6.07 Å². The molecule has 0 bridgehead atoms. The van der Waals surface area contributed by atoms with E-state index in [1.54, 1.807) is 50.2 Å². The van der Waals surface area contributed by atoms with Crippen molar-refractivity contribution in [1.29, 1.82) is 0 Å². The number of para-hydroxylation sites is 1. The molecule has 0 fully saturated rings. The molecule has 0 atom stereocenters. The van der Waals surface area contributed by atoms with E-state index in [-0.39, 0.29) is 6.61 Å². The number of hydrogen-bond acceptors (Lipinski definition) is 6. The molecule has 2 aromatic rings. The average molecular weight is 433 g/mol.